The average molecular weight is 373 g/mol. The molecule has 1 fully saturated rings. The summed E-state index contributed by atoms with van der Waals surface area (Å²) in [6.07, 6.45) is 0. The van der Waals surface area contributed by atoms with E-state index in [4.69, 9.17) is 0 Å². The summed E-state index contributed by atoms with van der Waals surface area (Å²) in [4.78, 5) is 9.24. The predicted molar refractivity (Wildman–Crippen MR) is 94.1 cm³/mol. The summed E-state index contributed by atoms with van der Waals surface area (Å²) in [5.41, 5.74) is 3.76. The minimum atomic E-state index is 0.756. The Bertz CT molecular complexity index is 820. The molecule has 0 atom stereocenters. The van der Waals surface area contributed by atoms with E-state index in [1.54, 1.807) is 4.68 Å². The lowest BCUT2D eigenvalue weighted by Gasteiger charge is -2.34. The highest BCUT2D eigenvalue weighted by molar-refractivity contribution is 9.10. The van der Waals surface area contributed by atoms with Gasteiger partial charge in [0.2, 0.25) is 0 Å². The lowest BCUT2D eigenvalue weighted by atomic mass is 10.2. The van der Waals surface area contributed by atoms with Gasteiger partial charge in [0.25, 0.3) is 0 Å². The topological polar surface area (TPSA) is 50.1 Å². The monoisotopic (exact) mass is 372 g/mol. The van der Waals surface area contributed by atoms with Crippen LogP contribution in [0.4, 0.5) is 5.69 Å². The van der Waals surface area contributed by atoms with E-state index in [1.807, 2.05) is 12.1 Å². The van der Waals surface area contributed by atoms with Gasteiger partial charge in [0.1, 0.15) is 10.1 Å². The van der Waals surface area contributed by atoms with E-state index in [-0.39, 0.29) is 0 Å². The Morgan fingerprint density at radius 1 is 0.913 bits per heavy atom. The molecule has 1 saturated heterocycles. The number of pyridine rings is 1. The summed E-state index contributed by atoms with van der Waals surface area (Å²) in [6, 6.07) is 12.2. The minimum absolute atomic E-state index is 0.756. The van der Waals surface area contributed by atoms with Crippen LogP contribution in [0.5, 0.6) is 0 Å². The highest BCUT2D eigenvalue weighted by Crippen LogP contribution is 2.21. The molecule has 118 valence electrons. The molecule has 3 heterocycles. The first kappa shape index (κ1) is 14.6. The number of aromatic nitrogens is 4. The molecule has 23 heavy (non-hydrogen) atoms. The smallest absolute Gasteiger partial charge is 0.184 e. The quantitative estimate of drug-likeness (QED) is 0.646. The van der Waals surface area contributed by atoms with Crippen LogP contribution in [0, 0.1) is 0 Å². The Labute approximate surface area is 142 Å². The summed E-state index contributed by atoms with van der Waals surface area (Å²) < 4.78 is 2.55. The van der Waals surface area contributed by atoms with Gasteiger partial charge >= 0.3 is 0 Å². The molecule has 1 aromatic carbocycles. The van der Waals surface area contributed by atoms with Gasteiger partial charge in [0, 0.05) is 31.9 Å². The number of anilines is 1. The highest BCUT2D eigenvalue weighted by atomic mass is 79.9. The van der Waals surface area contributed by atoms with Crippen molar-refractivity contribution in [3.8, 4) is 5.69 Å². The first-order valence-electron chi connectivity index (χ1n) is 7.62. The summed E-state index contributed by atoms with van der Waals surface area (Å²) in [5, 5.41) is 8.39. The van der Waals surface area contributed by atoms with Crippen molar-refractivity contribution >= 4 is 32.8 Å². The minimum Gasteiger partial charge on any atom is -0.369 e. The second-order valence-electron chi connectivity index (χ2n) is 5.78. The number of halogens is 1. The number of benzene rings is 1. The van der Waals surface area contributed by atoms with E-state index in [0.717, 1.165) is 47.6 Å². The number of piperazine rings is 1. The van der Waals surface area contributed by atoms with Crippen LogP contribution in [0.1, 0.15) is 0 Å². The van der Waals surface area contributed by atoms with Crippen molar-refractivity contribution < 1.29 is 0 Å². The van der Waals surface area contributed by atoms with Crippen molar-refractivity contribution in [3.05, 3.63) is 41.0 Å². The molecule has 0 bridgehead atoms. The van der Waals surface area contributed by atoms with Gasteiger partial charge in [-0.3, -0.25) is 0 Å². The van der Waals surface area contributed by atoms with E-state index < -0.39 is 0 Å². The molecule has 4 rings (SSSR count). The zero-order chi connectivity index (χ0) is 15.8. The predicted octanol–water partition coefficient (Wildman–Crippen LogP) is 2.33. The summed E-state index contributed by atoms with van der Waals surface area (Å²) in [5.74, 6) is 0. The second-order valence-corrected chi connectivity index (χ2v) is 6.60. The van der Waals surface area contributed by atoms with Crippen molar-refractivity contribution in [2.75, 3.05) is 38.1 Å². The Morgan fingerprint density at radius 2 is 1.61 bits per heavy atom. The van der Waals surface area contributed by atoms with Crippen LogP contribution in [0.15, 0.2) is 41.0 Å². The maximum atomic E-state index is 4.47. The molecule has 1 aliphatic heterocycles. The number of rotatable bonds is 2. The summed E-state index contributed by atoms with van der Waals surface area (Å²) >= 11 is 3.40. The number of nitrogens with zero attached hydrogens (tertiary/aromatic N) is 6. The van der Waals surface area contributed by atoms with E-state index >= 15 is 0 Å². The van der Waals surface area contributed by atoms with Gasteiger partial charge in [-0.05, 0) is 59.4 Å². The summed E-state index contributed by atoms with van der Waals surface area (Å²) in [7, 11) is 2.17. The van der Waals surface area contributed by atoms with Crippen molar-refractivity contribution in [1.82, 2.24) is 24.9 Å². The molecule has 0 saturated carbocycles. The van der Waals surface area contributed by atoms with Crippen LogP contribution in [-0.2, 0) is 0 Å². The fourth-order valence-corrected chi connectivity index (χ4v) is 3.13. The maximum absolute atomic E-state index is 4.47. The van der Waals surface area contributed by atoms with E-state index in [1.165, 1.54) is 5.69 Å². The molecule has 0 radical (unpaired) electrons. The lowest BCUT2D eigenvalue weighted by Crippen LogP contribution is -2.44. The average Bonchev–Trinajstić information content (AvgIpc) is 2.99. The van der Waals surface area contributed by atoms with Crippen molar-refractivity contribution in [2.24, 2.45) is 0 Å². The van der Waals surface area contributed by atoms with Gasteiger partial charge in [-0.15, -0.1) is 5.10 Å². The van der Waals surface area contributed by atoms with Gasteiger partial charge in [-0.1, -0.05) is 5.21 Å². The molecule has 0 N–H and O–H groups in total. The third-order valence-corrected chi connectivity index (χ3v) is 4.67. The summed E-state index contributed by atoms with van der Waals surface area (Å²) in [6.45, 7) is 4.34. The third kappa shape index (κ3) is 2.82. The molecule has 0 amide bonds. The maximum Gasteiger partial charge on any atom is 0.184 e. The second kappa shape index (κ2) is 5.90. The number of hydrogen-bond acceptors (Lipinski definition) is 5. The van der Waals surface area contributed by atoms with Gasteiger partial charge in [0.05, 0.1) is 5.69 Å². The molecular weight excluding hydrogens is 356 g/mol. The van der Waals surface area contributed by atoms with Crippen LogP contribution >= 0.6 is 15.9 Å². The normalized spacial score (nSPS) is 16.2. The SMILES string of the molecule is CN1CCN(c2ccc(-n3nnc4ccc(Br)nc43)cc2)CC1. The van der Waals surface area contributed by atoms with Crippen molar-refractivity contribution in [3.63, 3.8) is 0 Å². The Morgan fingerprint density at radius 3 is 2.35 bits per heavy atom. The molecule has 6 nitrogen and oxygen atoms in total. The first-order chi connectivity index (χ1) is 11.2. The standard InChI is InChI=1S/C16H17BrN6/c1-21-8-10-22(11-9-21)12-2-4-13(5-3-12)23-16-14(19-20-23)6-7-15(17)18-16/h2-7H,8-11H2,1H3. The molecule has 2 aromatic heterocycles. The van der Waals surface area contributed by atoms with E-state index in [0.29, 0.717) is 0 Å². The van der Waals surface area contributed by atoms with Crippen LogP contribution < -0.4 is 4.90 Å². The Balaban J connectivity index is 1.63. The highest BCUT2D eigenvalue weighted by Gasteiger charge is 2.14. The molecule has 0 unspecified atom stereocenters. The number of hydrogen-bond donors (Lipinski definition) is 0. The fraction of sp³-hybridized carbons (Fsp3) is 0.312. The number of likely N-dealkylation sites (N-methyl/N-ethyl adjacent to an activating group) is 1. The van der Waals surface area contributed by atoms with Crippen molar-refractivity contribution in [1.29, 1.82) is 0 Å². The van der Waals surface area contributed by atoms with Crippen molar-refractivity contribution in [2.45, 2.75) is 0 Å². The Hall–Kier alpha value is -1.99. The molecule has 3 aromatic rings. The van der Waals surface area contributed by atoms with Gasteiger partial charge in [-0.2, -0.15) is 4.68 Å². The van der Waals surface area contributed by atoms with Crippen LogP contribution in [-0.4, -0.2) is 58.1 Å². The molecule has 0 aliphatic carbocycles. The zero-order valence-corrected chi connectivity index (χ0v) is 14.4. The Kier molecular flexibility index (Phi) is 3.74. The van der Waals surface area contributed by atoms with Gasteiger partial charge < -0.3 is 9.80 Å². The van der Waals surface area contributed by atoms with Gasteiger partial charge in [-0.25, -0.2) is 4.98 Å². The molecule has 7 heteroatoms. The lowest BCUT2D eigenvalue weighted by molar-refractivity contribution is 0.313. The first-order valence-corrected chi connectivity index (χ1v) is 8.42. The largest absolute Gasteiger partial charge is 0.369 e. The van der Waals surface area contributed by atoms with Crippen LogP contribution in [0.2, 0.25) is 0 Å². The number of fused-ring (bicyclic) bond motifs is 1. The van der Waals surface area contributed by atoms with Crippen LogP contribution in [0.3, 0.4) is 0 Å². The molecule has 1 aliphatic rings. The molecule has 0 spiro atoms. The molecular formula is C16H17BrN6. The van der Waals surface area contributed by atoms with Gasteiger partial charge in [0.15, 0.2) is 5.65 Å². The zero-order valence-electron chi connectivity index (χ0n) is 12.9. The fourth-order valence-electron chi connectivity index (χ4n) is 2.83. The van der Waals surface area contributed by atoms with Crippen LogP contribution in [0.25, 0.3) is 16.9 Å². The third-order valence-electron chi connectivity index (χ3n) is 4.23. The van der Waals surface area contributed by atoms with E-state index in [9.17, 15) is 0 Å². The van der Waals surface area contributed by atoms with E-state index in [2.05, 4.69) is 72.3 Å².